The summed E-state index contributed by atoms with van der Waals surface area (Å²) in [4.78, 5) is 15.3. The number of phenols is 1. The van der Waals surface area contributed by atoms with E-state index in [0.717, 1.165) is 10.8 Å². The van der Waals surface area contributed by atoms with Crippen LogP contribution in [0.2, 0.25) is 0 Å². The number of aliphatic imine (C=N–C) groups is 1. The van der Waals surface area contributed by atoms with Crippen LogP contribution in [0, 0.1) is 5.92 Å². The molecule has 2 rings (SSSR count). The Morgan fingerprint density at radius 1 is 1.24 bits per heavy atom. The number of hydrogen-bond donors (Lipinski definition) is 2. The van der Waals surface area contributed by atoms with Crippen molar-refractivity contribution >= 4 is 23.0 Å². The van der Waals surface area contributed by atoms with E-state index in [2.05, 4.69) is 4.99 Å². The molecule has 4 heteroatoms. The molecule has 1 atom stereocenters. The Labute approximate surface area is 123 Å². The minimum absolute atomic E-state index is 0.103. The number of fused-ring (bicyclic) bond motifs is 1. The molecular weight excluding hydrogens is 266 g/mol. The van der Waals surface area contributed by atoms with Gasteiger partial charge in [0.05, 0.1) is 0 Å². The topological polar surface area (TPSA) is 69.9 Å². The lowest BCUT2D eigenvalue weighted by Crippen LogP contribution is -2.20. The highest BCUT2D eigenvalue weighted by Gasteiger charge is 2.16. The minimum atomic E-state index is -0.944. The average Bonchev–Trinajstić information content (AvgIpc) is 2.42. The van der Waals surface area contributed by atoms with Crippen LogP contribution >= 0.6 is 0 Å². The van der Waals surface area contributed by atoms with Crippen molar-refractivity contribution in [2.75, 3.05) is 0 Å². The summed E-state index contributed by atoms with van der Waals surface area (Å²) >= 11 is 0. The zero-order valence-electron chi connectivity index (χ0n) is 12.2. The molecule has 0 radical (unpaired) electrons. The van der Waals surface area contributed by atoms with Crippen LogP contribution in [0.3, 0.4) is 0 Å². The number of aromatic hydroxyl groups is 1. The number of carboxylic acids is 1. The van der Waals surface area contributed by atoms with E-state index in [1.54, 1.807) is 6.07 Å². The number of benzene rings is 2. The van der Waals surface area contributed by atoms with Gasteiger partial charge in [-0.05, 0) is 35.2 Å². The van der Waals surface area contributed by atoms with Crippen LogP contribution in [0.1, 0.15) is 25.8 Å². The quantitative estimate of drug-likeness (QED) is 0.826. The molecule has 4 nitrogen and oxygen atoms in total. The van der Waals surface area contributed by atoms with Crippen molar-refractivity contribution in [2.24, 2.45) is 10.9 Å². The van der Waals surface area contributed by atoms with Crippen molar-refractivity contribution in [2.45, 2.75) is 26.3 Å². The van der Waals surface area contributed by atoms with Gasteiger partial charge in [0, 0.05) is 11.8 Å². The number of hydrogen-bond acceptors (Lipinski definition) is 3. The summed E-state index contributed by atoms with van der Waals surface area (Å²) < 4.78 is 0. The lowest BCUT2D eigenvalue weighted by atomic mass is 10.0. The lowest BCUT2D eigenvalue weighted by Gasteiger charge is -2.10. The Balaban J connectivity index is 2.31. The third-order valence-electron chi connectivity index (χ3n) is 3.27. The van der Waals surface area contributed by atoms with Crippen LogP contribution in [-0.2, 0) is 4.79 Å². The van der Waals surface area contributed by atoms with Gasteiger partial charge in [-0.3, -0.25) is 4.99 Å². The summed E-state index contributed by atoms with van der Waals surface area (Å²) in [6.07, 6.45) is 1.92. The molecular formula is C17H19NO3. The van der Waals surface area contributed by atoms with Gasteiger partial charge in [-0.15, -0.1) is 0 Å². The number of rotatable bonds is 5. The monoisotopic (exact) mass is 285 g/mol. The second kappa shape index (κ2) is 6.39. The van der Waals surface area contributed by atoms with Gasteiger partial charge in [0.15, 0.2) is 0 Å². The van der Waals surface area contributed by atoms with E-state index in [-0.39, 0.29) is 11.7 Å². The average molecular weight is 285 g/mol. The maximum absolute atomic E-state index is 11.2. The number of carboxylic acid groups (broad SMARTS) is 1. The SMILES string of the molecule is CC(C)C[C@H](N=Cc1cc2ccccc2cc1O)C(=O)O. The van der Waals surface area contributed by atoms with Gasteiger partial charge in [0.25, 0.3) is 0 Å². The molecule has 2 aromatic carbocycles. The van der Waals surface area contributed by atoms with Crippen molar-refractivity contribution in [1.29, 1.82) is 0 Å². The predicted octanol–water partition coefficient (Wildman–Crippen LogP) is 3.46. The highest BCUT2D eigenvalue weighted by Crippen LogP contribution is 2.24. The first-order valence-corrected chi connectivity index (χ1v) is 6.95. The number of nitrogens with zero attached hydrogens (tertiary/aromatic N) is 1. The number of phenolic OH excluding ortho intramolecular Hbond substituents is 1. The fraction of sp³-hybridized carbons (Fsp3) is 0.294. The van der Waals surface area contributed by atoms with E-state index in [9.17, 15) is 9.90 Å². The Hall–Kier alpha value is -2.36. The van der Waals surface area contributed by atoms with Gasteiger partial charge < -0.3 is 10.2 Å². The zero-order valence-corrected chi connectivity index (χ0v) is 12.2. The van der Waals surface area contributed by atoms with Crippen LogP contribution < -0.4 is 0 Å². The van der Waals surface area contributed by atoms with Crippen LogP contribution in [0.15, 0.2) is 41.4 Å². The lowest BCUT2D eigenvalue weighted by molar-refractivity contribution is -0.138. The molecule has 0 fully saturated rings. The summed E-state index contributed by atoms with van der Waals surface area (Å²) in [6, 6.07) is 10.4. The second-order valence-corrected chi connectivity index (χ2v) is 5.52. The van der Waals surface area contributed by atoms with Crippen LogP contribution in [0.25, 0.3) is 10.8 Å². The van der Waals surface area contributed by atoms with Crippen molar-refractivity contribution in [1.82, 2.24) is 0 Å². The Kier molecular flexibility index (Phi) is 4.58. The largest absolute Gasteiger partial charge is 0.507 e. The smallest absolute Gasteiger partial charge is 0.328 e. The van der Waals surface area contributed by atoms with E-state index in [0.29, 0.717) is 12.0 Å². The second-order valence-electron chi connectivity index (χ2n) is 5.52. The first-order chi connectivity index (χ1) is 9.97. The van der Waals surface area contributed by atoms with Crippen LogP contribution in [0.5, 0.6) is 5.75 Å². The maximum atomic E-state index is 11.2. The molecule has 0 amide bonds. The minimum Gasteiger partial charge on any atom is -0.507 e. The summed E-state index contributed by atoms with van der Waals surface area (Å²) in [5, 5.41) is 21.1. The normalized spacial score (nSPS) is 13.1. The van der Waals surface area contributed by atoms with Gasteiger partial charge in [0.2, 0.25) is 0 Å². The van der Waals surface area contributed by atoms with Gasteiger partial charge in [-0.25, -0.2) is 4.79 Å². The first-order valence-electron chi connectivity index (χ1n) is 6.95. The van der Waals surface area contributed by atoms with Crippen molar-refractivity contribution in [3.8, 4) is 5.75 Å². The summed E-state index contributed by atoms with van der Waals surface area (Å²) in [6.45, 7) is 3.91. The molecule has 0 spiro atoms. The van der Waals surface area contributed by atoms with E-state index in [4.69, 9.17) is 5.11 Å². The molecule has 0 saturated carbocycles. The van der Waals surface area contributed by atoms with Gasteiger partial charge in [0.1, 0.15) is 11.8 Å². The van der Waals surface area contributed by atoms with Crippen molar-refractivity contribution in [3.63, 3.8) is 0 Å². The molecule has 0 aliphatic rings. The molecule has 110 valence electrons. The molecule has 2 N–H and O–H groups in total. The molecule has 0 aliphatic heterocycles. The molecule has 21 heavy (non-hydrogen) atoms. The van der Waals surface area contributed by atoms with E-state index in [1.807, 2.05) is 44.2 Å². The number of carbonyl (C=O) groups is 1. The summed E-state index contributed by atoms with van der Waals surface area (Å²) in [7, 11) is 0. The maximum Gasteiger partial charge on any atom is 0.328 e. The number of aliphatic carboxylic acids is 1. The molecule has 2 aromatic rings. The van der Waals surface area contributed by atoms with Gasteiger partial charge in [-0.2, -0.15) is 0 Å². The fourth-order valence-electron chi connectivity index (χ4n) is 2.19. The van der Waals surface area contributed by atoms with Gasteiger partial charge in [-0.1, -0.05) is 38.1 Å². The van der Waals surface area contributed by atoms with Gasteiger partial charge >= 0.3 is 5.97 Å². The Morgan fingerprint density at radius 2 is 1.86 bits per heavy atom. The molecule has 0 aliphatic carbocycles. The van der Waals surface area contributed by atoms with Crippen LogP contribution in [-0.4, -0.2) is 28.4 Å². The zero-order chi connectivity index (χ0) is 15.4. The molecule has 0 saturated heterocycles. The highest BCUT2D eigenvalue weighted by atomic mass is 16.4. The molecule has 0 unspecified atom stereocenters. The molecule has 0 bridgehead atoms. The fourth-order valence-corrected chi connectivity index (χ4v) is 2.19. The summed E-state index contributed by atoms with van der Waals surface area (Å²) in [5.41, 5.74) is 0.531. The Bertz CT molecular complexity index is 677. The first kappa shape index (κ1) is 15.0. The highest BCUT2D eigenvalue weighted by molar-refractivity contribution is 5.94. The van der Waals surface area contributed by atoms with E-state index in [1.165, 1.54) is 6.21 Å². The Morgan fingerprint density at radius 3 is 2.43 bits per heavy atom. The predicted molar refractivity (Wildman–Crippen MR) is 84.1 cm³/mol. The van der Waals surface area contributed by atoms with Crippen molar-refractivity contribution in [3.05, 3.63) is 42.0 Å². The summed E-state index contributed by atoms with van der Waals surface area (Å²) in [5.74, 6) is -0.597. The standard InChI is InChI=1S/C17H19NO3/c1-11(2)7-15(17(20)21)18-10-14-8-12-5-3-4-6-13(12)9-16(14)19/h3-6,8-11,15,19H,7H2,1-2H3,(H,20,21)/t15-/m0/s1. The third kappa shape index (κ3) is 3.81. The van der Waals surface area contributed by atoms with E-state index < -0.39 is 12.0 Å². The third-order valence-corrected chi connectivity index (χ3v) is 3.27. The van der Waals surface area contributed by atoms with Crippen molar-refractivity contribution < 1.29 is 15.0 Å². The molecule has 0 heterocycles. The van der Waals surface area contributed by atoms with Crippen LogP contribution in [0.4, 0.5) is 0 Å². The molecule has 0 aromatic heterocycles. The van der Waals surface area contributed by atoms with E-state index >= 15 is 0 Å².